The third-order valence-electron chi connectivity index (χ3n) is 2.00. The van der Waals surface area contributed by atoms with Crippen LogP contribution in [-0.2, 0) is 0 Å². The van der Waals surface area contributed by atoms with E-state index in [1.54, 1.807) is 18.2 Å². The van der Waals surface area contributed by atoms with Crippen molar-refractivity contribution in [2.45, 2.75) is 5.16 Å². The normalized spacial score (nSPS) is 10.4. The highest BCUT2D eigenvalue weighted by Crippen LogP contribution is 2.22. The molecule has 1 aromatic heterocycles. The SMILES string of the molecule is CSc1nc(Cl)cc(-c2ccc(F)cc2)n1. The molecule has 16 heavy (non-hydrogen) atoms. The second-order valence-electron chi connectivity index (χ2n) is 3.07. The minimum Gasteiger partial charge on any atom is -0.222 e. The number of aromatic nitrogens is 2. The first-order chi connectivity index (χ1) is 7.69. The molecule has 0 amide bonds. The van der Waals surface area contributed by atoms with Crippen LogP contribution in [0.1, 0.15) is 0 Å². The summed E-state index contributed by atoms with van der Waals surface area (Å²) in [4.78, 5) is 8.34. The Kier molecular flexibility index (Phi) is 3.41. The van der Waals surface area contributed by atoms with Gasteiger partial charge in [0.25, 0.3) is 0 Å². The minimum absolute atomic E-state index is 0.269. The van der Waals surface area contributed by atoms with E-state index in [2.05, 4.69) is 9.97 Å². The number of halogens is 2. The predicted molar refractivity (Wildman–Crippen MR) is 64.2 cm³/mol. The lowest BCUT2D eigenvalue weighted by atomic mass is 10.1. The lowest BCUT2D eigenvalue weighted by Gasteiger charge is -2.03. The molecule has 0 saturated heterocycles. The monoisotopic (exact) mass is 254 g/mol. The standard InChI is InChI=1S/C11H8ClFN2S/c1-16-11-14-9(6-10(12)15-11)7-2-4-8(13)5-3-7/h2-6H,1H3. The van der Waals surface area contributed by atoms with Crippen LogP contribution in [0.25, 0.3) is 11.3 Å². The number of rotatable bonds is 2. The van der Waals surface area contributed by atoms with E-state index >= 15 is 0 Å². The van der Waals surface area contributed by atoms with Crippen LogP contribution in [0.3, 0.4) is 0 Å². The van der Waals surface area contributed by atoms with E-state index in [-0.39, 0.29) is 5.82 Å². The van der Waals surface area contributed by atoms with Crippen molar-refractivity contribution in [3.05, 3.63) is 41.3 Å². The maximum absolute atomic E-state index is 12.8. The van der Waals surface area contributed by atoms with E-state index in [0.717, 1.165) is 5.56 Å². The molecule has 0 aliphatic carbocycles. The van der Waals surface area contributed by atoms with Gasteiger partial charge < -0.3 is 0 Å². The van der Waals surface area contributed by atoms with Gasteiger partial charge in [0, 0.05) is 11.6 Å². The maximum atomic E-state index is 12.8. The molecule has 2 rings (SSSR count). The van der Waals surface area contributed by atoms with Gasteiger partial charge in [-0.25, -0.2) is 14.4 Å². The van der Waals surface area contributed by atoms with Crippen LogP contribution >= 0.6 is 23.4 Å². The van der Waals surface area contributed by atoms with Gasteiger partial charge in [0.15, 0.2) is 5.16 Å². The molecule has 0 aliphatic heterocycles. The second kappa shape index (κ2) is 4.80. The average Bonchev–Trinajstić information content (AvgIpc) is 2.29. The molecule has 0 fully saturated rings. The highest BCUT2D eigenvalue weighted by atomic mass is 35.5. The van der Waals surface area contributed by atoms with Crippen molar-refractivity contribution >= 4 is 23.4 Å². The molecule has 0 bridgehead atoms. The van der Waals surface area contributed by atoms with Crippen LogP contribution in [-0.4, -0.2) is 16.2 Å². The summed E-state index contributed by atoms with van der Waals surface area (Å²) in [6.45, 7) is 0. The first-order valence-electron chi connectivity index (χ1n) is 4.53. The van der Waals surface area contributed by atoms with Crippen LogP contribution < -0.4 is 0 Å². The van der Waals surface area contributed by atoms with Gasteiger partial charge in [-0.1, -0.05) is 23.4 Å². The Balaban J connectivity index is 2.47. The molecule has 0 radical (unpaired) electrons. The van der Waals surface area contributed by atoms with E-state index in [4.69, 9.17) is 11.6 Å². The fraction of sp³-hybridized carbons (Fsp3) is 0.0909. The molecule has 0 spiro atoms. The molecular formula is C11H8ClFN2S. The van der Waals surface area contributed by atoms with Crippen LogP contribution in [0.15, 0.2) is 35.5 Å². The van der Waals surface area contributed by atoms with Crippen molar-refractivity contribution < 1.29 is 4.39 Å². The van der Waals surface area contributed by atoms with E-state index in [1.165, 1.54) is 23.9 Å². The van der Waals surface area contributed by atoms with Gasteiger partial charge in [0.1, 0.15) is 11.0 Å². The van der Waals surface area contributed by atoms with Crippen molar-refractivity contribution in [3.63, 3.8) is 0 Å². The van der Waals surface area contributed by atoms with Gasteiger partial charge in [-0.2, -0.15) is 0 Å². The summed E-state index contributed by atoms with van der Waals surface area (Å²) in [5, 5.41) is 0.991. The molecule has 0 aliphatic rings. The van der Waals surface area contributed by atoms with Gasteiger partial charge in [-0.3, -0.25) is 0 Å². The third-order valence-corrected chi connectivity index (χ3v) is 2.74. The number of hydrogen-bond donors (Lipinski definition) is 0. The molecule has 0 unspecified atom stereocenters. The topological polar surface area (TPSA) is 25.8 Å². The van der Waals surface area contributed by atoms with Crippen molar-refractivity contribution in [2.75, 3.05) is 6.26 Å². The number of hydrogen-bond acceptors (Lipinski definition) is 3. The van der Waals surface area contributed by atoms with Gasteiger partial charge in [-0.05, 0) is 30.5 Å². The smallest absolute Gasteiger partial charge is 0.189 e. The van der Waals surface area contributed by atoms with E-state index in [0.29, 0.717) is 16.0 Å². The van der Waals surface area contributed by atoms with Crippen LogP contribution in [0.2, 0.25) is 5.15 Å². The fourth-order valence-corrected chi connectivity index (χ4v) is 1.87. The Bertz CT molecular complexity index is 502. The summed E-state index contributed by atoms with van der Waals surface area (Å²) < 4.78 is 12.8. The zero-order valence-electron chi connectivity index (χ0n) is 8.45. The number of benzene rings is 1. The first kappa shape index (κ1) is 11.4. The van der Waals surface area contributed by atoms with Crippen molar-refractivity contribution in [3.8, 4) is 11.3 Å². The average molecular weight is 255 g/mol. The maximum Gasteiger partial charge on any atom is 0.189 e. The second-order valence-corrected chi connectivity index (χ2v) is 4.23. The quantitative estimate of drug-likeness (QED) is 0.465. The Morgan fingerprint density at radius 1 is 1.19 bits per heavy atom. The molecule has 2 aromatic rings. The lowest BCUT2D eigenvalue weighted by Crippen LogP contribution is -1.90. The van der Waals surface area contributed by atoms with Crippen LogP contribution in [0.4, 0.5) is 4.39 Å². The Hall–Kier alpha value is -1.13. The van der Waals surface area contributed by atoms with Gasteiger partial charge in [0.05, 0.1) is 5.69 Å². The summed E-state index contributed by atoms with van der Waals surface area (Å²) in [6, 6.07) is 7.78. The Labute approximate surface area is 102 Å². The van der Waals surface area contributed by atoms with Crippen molar-refractivity contribution in [1.82, 2.24) is 9.97 Å². The summed E-state index contributed by atoms with van der Waals surface area (Å²) in [5.41, 5.74) is 1.52. The highest BCUT2D eigenvalue weighted by molar-refractivity contribution is 7.98. The Morgan fingerprint density at radius 2 is 1.88 bits per heavy atom. The largest absolute Gasteiger partial charge is 0.222 e. The summed E-state index contributed by atoms with van der Waals surface area (Å²) >= 11 is 7.29. The molecule has 82 valence electrons. The lowest BCUT2D eigenvalue weighted by molar-refractivity contribution is 0.628. The van der Waals surface area contributed by atoms with E-state index in [9.17, 15) is 4.39 Å². The van der Waals surface area contributed by atoms with Gasteiger partial charge >= 0.3 is 0 Å². The molecule has 0 saturated carbocycles. The first-order valence-corrected chi connectivity index (χ1v) is 6.14. The number of thioether (sulfide) groups is 1. The summed E-state index contributed by atoms with van der Waals surface area (Å²) in [6.07, 6.45) is 1.88. The Morgan fingerprint density at radius 3 is 2.50 bits per heavy atom. The van der Waals surface area contributed by atoms with E-state index in [1.807, 2.05) is 6.26 Å². The molecule has 2 nitrogen and oxygen atoms in total. The molecule has 0 atom stereocenters. The zero-order chi connectivity index (χ0) is 11.5. The molecule has 0 N–H and O–H groups in total. The molecule has 1 aromatic carbocycles. The summed E-state index contributed by atoms with van der Waals surface area (Å²) in [5.74, 6) is -0.269. The fourth-order valence-electron chi connectivity index (χ4n) is 1.26. The zero-order valence-corrected chi connectivity index (χ0v) is 10.0. The van der Waals surface area contributed by atoms with Gasteiger partial charge in [-0.15, -0.1) is 0 Å². The third kappa shape index (κ3) is 2.51. The predicted octanol–water partition coefficient (Wildman–Crippen LogP) is 3.66. The van der Waals surface area contributed by atoms with Crippen LogP contribution in [0.5, 0.6) is 0 Å². The van der Waals surface area contributed by atoms with Gasteiger partial charge in [0.2, 0.25) is 0 Å². The van der Waals surface area contributed by atoms with Crippen molar-refractivity contribution in [1.29, 1.82) is 0 Å². The summed E-state index contributed by atoms with van der Waals surface area (Å²) in [7, 11) is 0. The molecule has 5 heteroatoms. The van der Waals surface area contributed by atoms with Crippen LogP contribution in [0, 0.1) is 5.82 Å². The molecule has 1 heterocycles. The molecular weight excluding hydrogens is 247 g/mol. The minimum atomic E-state index is -0.269. The number of nitrogens with zero attached hydrogens (tertiary/aromatic N) is 2. The van der Waals surface area contributed by atoms with E-state index < -0.39 is 0 Å². The highest BCUT2D eigenvalue weighted by Gasteiger charge is 2.04. The van der Waals surface area contributed by atoms with Crippen molar-refractivity contribution in [2.24, 2.45) is 0 Å².